The van der Waals surface area contributed by atoms with Crippen LogP contribution in [0.3, 0.4) is 0 Å². The molecule has 2 amide bonds. The van der Waals surface area contributed by atoms with Crippen LogP contribution >= 0.6 is 0 Å². The molecular weight excluding hydrogens is 618 g/mol. The first-order valence-corrected chi connectivity index (χ1v) is 18.7. The van der Waals surface area contributed by atoms with Crippen LogP contribution in [-0.4, -0.2) is 48.6 Å². The molecule has 0 radical (unpaired) electrons. The van der Waals surface area contributed by atoms with Gasteiger partial charge in [0.2, 0.25) is 0 Å². The smallest absolute Gasteiger partial charge is 0.411 e. The van der Waals surface area contributed by atoms with Crippen LogP contribution in [0.2, 0.25) is 0 Å². The fourth-order valence-corrected chi connectivity index (χ4v) is 5.56. The summed E-state index contributed by atoms with van der Waals surface area (Å²) < 4.78 is 11.1. The zero-order chi connectivity index (χ0) is 35.5. The quantitative estimate of drug-likeness (QED) is 0.0435. The average Bonchev–Trinajstić information content (AvgIpc) is 3.10. The molecule has 9 heteroatoms. The van der Waals surface area contributed by atoms with E-state index in [0.717, 1.165) is 25.7 Å². The van der Waals surface area contributed by atoms with Gasteiger partial charge in [-0.05, 0) is 60.9 Å². The predicted molar refractivity (Wildman–Crippen MR) is 200 cm³/mol. The van der Waals surface area contributed by atoms with Crippen molar-refractivity contribution < 1.29 is 24.0 Å². The topological polar surface area (TPSA) is 111 Å². The highest BCUT2D eigenvalue weighted by atomic mass is 16.6. The van der Waals surface area contributed by atoms with E-state index < -0.39 is 11.0 Å². The van der Waals surface area contributed by atoms with Gasteiger partial charge in [-0.3, -0.25) is 20.2 Å². The van der Waals surface area contributed by atoms with Gasteiger partial charge in [0.05, 0.1) is 17.1 Å². The van der Waals surface area contributed by atoms with Gasteiger partial charge in [-0.1, -0.05) is 117 Å². The number of benzene rings is 2. The van der Waals surface area contributed by atoms with E-state index in [1.54, 1.807) is 54.4 Å². The molecule has 272 valence electrons. The number of amides is 2. The number of carbonyl (C=O) groups is 2. The van der Waals surface area contributed by atoms with Gasteiger partial charge in [0.25, 0.3) is 11.6 Å². The van der Waals surface area contributed by atoms with Crippen molar-refractivity contribution in [3.8, 4) is 5.75 Å². The van der Waals surface area contributed by atoms with Gasteiger partial charge in [-0.2, -0.15) is 0 Å². The van der Waals surface area contributed by atoms with Crippen molar-refractivity contribution in [3.05, 3.63) is 69.8 Å². The summed E-state index contributed by atoms with van der Waals surface area (Å²) in [5.74, 6) is 0.389. The highest BCUT2D eigenvalue weighted by Gasteiger charge is 2.16. The number of non-ortho nitro benzene ring substituents is 1. The maximum absolute atomic E-state index is 13.5. The second kappa shape index (κ2) is 26.0. The summed E-state index contributed by atoms with van der Waals surface area (Å²) in [6, 6.07) is 13.0. The Balaban J connectivity index is 1.78. The molecule has 0 unspecified atom stereocenters. The number of anilines is 1. The minimum atomic E-state index is -0.506. The Kier molecular flexibility index (Phi) is 21.9. The molecule has 0 bridgehead atoms. The molecule has 2 aromatic carbocycles. The maximum Gasteiger partial charge on any atom is 0.411 e. The fraction of sp³-hybridized carbons (Fsp3) is 0.600. The third-order valence-electron chi connectivity index (χ3n) is 8.64. The van der Waals surface area contributed by atoms with E-state index >= 15 is 0 Å². The first-order valence-electron chi connectivity index (χ1n) is 18.7. The summed E-state index contributed by atoms with van der Waals surface area (Å²) in [4.78, 5) is 37.8. The van der Waals surface area contributed by atoms with Crippen molar-refractivity contribution in [2.45, 2.75) is 129 Å². The summed E-state index contributed by atoms with van der Waals surface area (Å²) >= 11 is 0. The van der Waals surface area contributed by atoms with Crippen LogP contribution in [0.25, 0.3) is 6.08 Å². The fourth-order valence-electron chi connectivity index (χ4n) is 5.56. The second-order valence-corrected chi connectivity index (χ2v) is 13.0. The van der Waals surface area contributed by atoms with E-state index in [9.17, 15) is 19.7 Å². The first-order chi connectivity index (χ1) is 23.8. The lowest BCUT2D eigenvalue weighted by atomic mass is 10.0. The van der Waals surface area contributed by atoms with Gasteiger partial charge in [0.15, 0.2) is 0 Å². The van der Waals surface area contributed by atoms with Crippen molar-refractivity contribution in [2.24, 2.45) is 0 Å². The zero-order valence-corrected chi connectivity index (χ0v) is 30.4. The number of hydrogen-bond acceptors (Lipinski definition) is 6. The molecule has 0 atom stereocenters. The van der Waals surface area contributed by atoms with E-state index in [4.69, 9.17) is 9.47 Å². The zero-order valence-electron chi connectivity index (χ0n) is 30.4. The summed E-state index contributed by atoms with van der Waals surface area (Å²) in [5.41, 5.74) is 1.68. The van der Waals surface area contributed by atoms with Gasteiger partial charge in [-0.25, -0.2) is 4.79 Å². The molecule has 0 aliphatic heterocycles. The Bertz CT molecular complexity index is 1230. The van der Waals surface area contributed by atoms with E-state index in [1.165, 1.54) is 102 Å². The predicted octanol–water partition coefficient (Wildman–Crippen LogP) is 11.1. The van der Waals surface area contributed by atoms with Crippen LogP contribution < -0.4 is 10.1 Å². The number of ether oxygens (including phenoxy) is 2. The Hall–Kier alpha value is -3.88. The van der Waals surface area contributed by atoms with Crippen LogP contribution in [-0.2, 0) is 9.53 Å². The SMILES string of the molecule is CCCCCCCCCCCCCCCCCCN(C)C(=O)/C(=C/c1ccc([N+](=O)[O-])cc1)COc1ccc(NC(=O)OCCCC)cc1. The summed E-state index contributed by atoms with van der Waals surface area (Å²) in [7, 11) is 1.80. The lowest BCUT2D eigenvalue weighted by molar-refractivity contribution is -0.384. The molecule has 0 fully saturated rings. The van der Waals surface area contributed by atoms with Crippen LogP contribution in [0.15, 0.2) is 54.1 Å². The maximum atomic E-state index is 13.5. The molecule has 49 heavy (non-hydrogen) atoms. The highest BCUT2D eigenvalue weighted by molar-refractivity contribution is 5.98. The van der Waals surface area contributed by atoms with Gasteiger partial charge >= 0.3 is 6.09 Å². The largest absolute Gasteiger partial charge is 0.489 e. The Morgan fingerprint density at radius 3 is 1.76 bits per heavy atom. The normalized spacial score (nSPS) is 11.3. The Morgan fingerprint density at radius 1 is 0.735 bits per heavy atom. The van der Waals surface area contributed by atoms with Crippen LogP contribution in [0.5, 0.6) is 5.75 Å². The summed E-state index contributed by atoms with van der Waals surface area (Å²) in [5, 5.41) is 13.8. The minimum absolute atomic E-state index is 0.00941. The van der Waals surface area contributed by atoms with E-state index in [1.807, 2.05) is 6.92 Å². The molecule has 2 rings (SSSR count). The number of unbranched alkanes of at least 4 members (excludes halogenated alkanes) is 16. The molecule has 0 heterocycles. The van der Waals surface area contributed by atoms with E-state index in [-0.39, 0.29) is 18.2 Å². The van der Waals surface area contributed by atoms with Gasteiger partial charge in [0.1, 0.15) is 12.4 Å². The van der Waals surface area contributed by atoms with Crippen LogP contribution in [0, 0.1) is 10.1 Å². The van der Waals surface area contributed by atoms with Crippen molar-refractivity contribution in [3.63, 3.8) is 0 Å². The molecule has 0 aliphatic rings. The van der Waals surface area contributed by atoms with E-state index in [0.29, 0.717) is 35.7 Å². The van der Waals surface area contributed by atoms with Crippen LogP contribution in [0.1, 0.15) is 135 Å². The van der Waals surface area contributed by atoms with Gasteiger partial charge in [-0.15, -0.1) is 0 Å². The second-order valence-electron chi connectivity index (χ2n) is 13.0. The molecular formula is C40H61N3O6. The molecule has 2 aromatic rings. The monoisotopic (exact) mass is 679 g/mol. The number of rotatable bonds is 27. The van der Waals surface area contributed by atoms with Crippen LogP contribution in [0.4, 0.5) is 16.2 Å². The van der Waals surface area contributed by atoms with Gasteiger partial charge < -0.3 is 14.4 Å². The lowest BCUT2D eigenvalue weighted by Crippen LogP contribution is -2.31. The number of nitrogens with one attached hydrogen (secondary N) is 1. The molecule has 1 N–H and O–H groups in total. The lowest BCUT2D eigenvalue weighted by Gasteiger charge is -2.20. The van der Waals surface area contributed by atoms with Crippen molar-refractivity contribution >= 4 is 29.5 Å². The minimum Gasteiger partial charge on any atom is -0.489 e. The Morgan fingerprint density at radius 2 is 1.24 bits per heavy atom. The van der Waals surface area contributed by atoms with E-state index in [2.05, 4.69) is 12.2 Å². The number of nitro groups is 1. The standard InChI is InChI=1S/C40H61N3O6/c1-4-6-8-9-10-11-12-13-14-15-16-17-18-19-20-21-30-42(3)39(44)35(32-34-22-26-37(27-23-34)43(46)47)33-49-38-28-24-36(25-29-38)41-40(45)48-31-7-5-2/h22-29,32H,4-21,30-31,33H2,1-3H3,(H,41,45)/b35-32+. The third-order valence-corrected chi connectivity index (χ3v) is 8.64. The number of hydrogen-bond donors (Lipinski definition) is 1. The molecule has 0 aromatic heterocycles. The van der Waals surface area contributed by atoms with Gasteiger partial charge in [0, 0.05) is 31.4 Å². The molecule has 9 nitrogen and oxygen atoms in total. The average molecular weight is 680 g/mol. The van der Waals surface area contributed by atoms with Crippen molar-refractivity contribution in [1.29, 1.82) is 0 Å². The molecule has 0 aliphatic carbocycles. The highest BCUT2D eigenvalue weighted by Crippen LogP contribution is 2.20. The first kappa shape index (κ1) is 41.3. The molecule has 0 saturated heterocycles. The summed E-state index contributed by atoms with van der Waals surface area (Å²) in [6.07, 6.45) is 23.8. The third kappa shape index (κ3) is 19.0. The molecule has 0 saturated carbocycles. The Labute approximate surface area is 295 Å². The number of likely N-dealkylation sites (N-methyl/N-ethyl adjacent to an activating group) is 1. The number of nitro benzene ring substituents is 1. The van der Waals surface area contributed by atoms with Crippen molar-refractivity contribution in [1.82, 2.24) is 4.90 Å². The number of carbonyl (C=O) groups excluding carboxylic acids is 2. The van der Waals surface area contributed by atoms with Crippen molar-refractivity contribution in [2.75, 3.05) is 32.1 Å². The molecule has 0 spiro atoms. The summed E-state index contributed by atoms with van der Waals surface area (Å²) in [6.45, 7) is 5.33. The number of nitrogens with zero attached hydrogens (tertiary/aromatic N) is 2.